The summed E-state index contributed by atoms with van der Waals surface area (Å²) in [5.74, 6) is -1.37. The minimum absolute atomic E-state index is 0.0470. The third-order valence-electron chi connectivity index (χ3n) is 1.92. The quantitative estimate of drug-likeness (QED) is 0.484. The molecule has 0 spiro atoms. The Balaban J connectivity index is 2.67. The molecule has 0 aromatic carbocycles. The largest absolute Gasteiger partial charge is 0.479 e. The van der Waals surface area contributed by atoms with Crippen molar-refractivity contribution in [3.05, 3.63) is 0 Å². The number of aliphatic carboxylic acids is 1. The lowest BCUT2D eigenvalue weighted by Gasteiger charge is -2.16. The Hall–Kier alpha value is -1.30. The normalized spacial score (nSPS) is 28.9. The van der Waals surface area contributed by atoms with E-state index in [2.05, 4.69) is 0 Å². The van der Waals surface area contributed by atoms with Crippen LogP contribution in [0.1, 0.15) is 6.42 Å². The molecule has 1 atom stereocenters. The lowest BCUT2D eigenvalue weighted by molar-refractivity contribution is -0.156. The van der Waals surface area contributed by atoms with Crippen LogP contribution >= 0.6 is 0 Å². The Morgan fingerprint density at radius 2 is 1.92 bits per heavy atom. The van der Waals surface area contributed by atoms with Crippen molar-refractivity contribution in [2.24, 2.45) is 0 Å². The maximum Gasteiger partial charge on any atom is 0.407 e. The number of carboxylic acids is 1. The first kappa shape index (κ1) is 8.79. The molecule has 1 aliphatic heterocycles. The topological polar surface area (TPSA) is 98.1 Å². The van der Waals surface area contributed by atoms with E-state index in [1.54, 1.807) is 0 Å². The van der Waals surface area contributed by atoms with E-state index < -0.39 is 17.7 Å². The van der Waals surface area contributed by atoms with Gasteiger partial charge in [0.05, 0.1) is 6.54 Å². The van der Waals surface area contributed by atoms with Gasteiger partial charge >= 0.3 is 12.1 Å². The van der Waals surface area contributed by atoms with Crippen LogP contribution in [0.4, 0.5) is 4.79 Å². The predicted octanol–water partition coefficient (Wildman–Crippen LogP) is -0.814. The Morgan fingerprint density at radius 3 is 2.17 bits per heavy atom. The zero-order chi connectivity index (χ0) is 9.35. The smallest absolute Gasteiger partial charge is 0.407 e. The van der Waals surface area contributed by atoms with Crippen LogP contribution in [0.5, 0.6) is 0 Å². The van der Waals surface area contributed by atoms with Crippen LogP contribution in [0, 0.1) is 0 Å². The van der Waals surface area contributed by atoms with E-state index in [0.29, 0.717) is 0 Å². The summed E-state index contributed by atoms with van der Waals surface area (Å²) < 4.78 is 0. The molecule has 1 amide bonds. The number of aliphatic hydroxyl groups is 1. The number of carbonyl (C=O) groups is 2. The van der Waals surface area contributed by atoms with Gasteiger partial charge in [0.2, 0.25) is 0 Å². The average molecular weight is 175 g/mol. The van der Waals surface area contributed by atoms with Crippen molar-refractivity contribution in [1.82, 2.24) is 4.90 Å². The fourth-order valence-electron chi connectivity index (χ4n) is 1.13. The molecule has 1 rings (SSSR count). The second kappa shape index (κ2) is 2.63. The highest BCUT2D eigenvalue weighted by atomic mass is 16.4. The van der Waals surface area contributed by atoms with Gasteiger partial charge in [0, 0.05) is 13.0 Å². The molecule has 0 aromatic heterocycles. The van der Waals surface area contributed by atoms with E-state index in [1.165, 1.54) is 0 Å². The van der Waals surface area contributed by atoms with Gasteiger partial charge in [0.1, 0.15) is 0 Å². The van der Waals surface area contributed by atoms with Gasteiger partial charge in [-0.1, -0.05) is 0 Å². The maximum absolute atomic E-state index is 10.4. The van der Waals surface area contributed by atoms with Gasteiger partial charge in [-0.25, -0.2) is 9.59 Å². The van der Waals surface area contributed by atoms with Crippen LogP contribution < -0.4 is 0 Å². The molecule has 0 aromatic rings. The van der Waals surface area contributed by atoms with E-state index >= 15 is 0 Å². The van der Waals surface area contributed by atoms with E-state index in [9.17, 15) is 14.7 Å². The first-order valence-electron chi connectivity index (χ1n) is 3.39. The third kappa shape index (κ3) is 1.33. The summed E-state index contributed by atoms with van der Waals surface area (Å²) in [4.78, 5) is 21.6. The van der Waals surface area contributed by atoms with Crippen molar-refractivity contribution < 1.29 is 24.9 Å². The lowest BCUT2D eigenvalue weighted by atomic mass is 10.0. The van der Waals surface area contributed by atoms with Gasteiger partial charge in [0.15, 0.2) is 5.60 Å². The van der Waals surface area contributed by atoms with E-state index in [0.717, 1.165) is 4.90 Å². The monoisotopic (exact) mass is 175 g/mol. The molecule has 0 radical (unpaired) electrons. The minimum Gasteiger partial charge on any atom is -0.479 e. The van der Waals surface area contributed by atoms with Gasteiger partial charge in [-0.15, -0.1) is 0 Å². The van der Waals surface area contributed by atoms with Crippen LogP contribution in [0.15, 0.2) is 0 Å². The first-order valence-corrected chi connectivity index (χ1v) is 3.39. The molecule has 68 valence electrons. The highest BCUT2D eigenvalue weighted by Gasteiger charge is 2.44. The molecule has 0 aliphatic carbocycles. The second-order valence-corrected chi connectivity index (χ2v) is 2.79. The Kier molecular flexibility index (Phi) is 1.93. The molecule has 0 bridgehead atoms. The summed E-state index contributed by atoms with van der Waals surface area (Å²) >= 11 is 0. The Morgan fingerprint density at radius 1 is 1.33 bits per heavy atom. The van der Waals surface area contributed by atoms with Crippen molar-refractivity contribution in [2.45, 2.75) is 12.0 Å². The number of β-amino-alcohol motifs (C(OH)–C–C–N with tert-alkyl or cyclic N) is 1. The summed E-state index contributed by atoms with van der Waals surface area (Å²) in [6, 6.07) is 0. The van der Waals surface area contributed by atoms with Crippen molar-refractivity contribution in [1.29, 1.82) is 0 Å². The molecule has 1 saturated heterocycles. The molecule has 3 N–H and O–H groups in total. The van der Waals surface area contributed by atoms with Crippen molar-refractivity contribution in [3.8, 4) is 0 Å². The number of amides is 1. The number of likely N-dealkylation sites (tertiary alicyclic amines) is 1. The van der Waals surface area contributed by atoms with Gasteiger partial charge < -0.3 is 20.2 Å². The Bertz CT molecular complexity index is 228. The fourth-order valence-corrected chi connectivity index (χ4v) is 1.13. The van der Waals surface area contributed by atoms with Gasteiger partial charge in [-0.05, 0) is 0 Å². The van der Waals surface area contributed by atoms with E-state index in [4.69, 9.17) is 10.2 Å². The summed E-state index contributed by atoms with van der Waals surface area (Å²) in [5.41, 5.74) is -1.89. The highest BCUT2D eigenvalue weighted by Crippen LogP contribution is 2.21. The maximum atomic E-state index is 10.4. The van der Waals surface area contributed by atoms with Crippen LogP contribution in [-0.2, 0) is 4.79 Å². The van der Waals surface area contributed by atoms with E-state index in [-0.39, 0.29) is 19.5 Å². The zero-order valence-electron chi connectivity index (χ0n) is 6.23. The molecular formula is C6H9NO5. The van der Waals surface area contributed by atoms with Crippen molar-refractivity contribution in [3.63, 3.8) is 0 Å². The predicted molar refractivity (Wildman–Crippen MR) is 36.8 cm³/mol. The molecule has 1 fully saturated rings. The third-order valence-corrected chi connectivity index (χ3v) is 1.92. The Labute approximate surface area is 68.0 Å². The zero-order valence-corrected chi connectivity index (χ0v) is 6.23. The van der Waals surface area contributed by atoms with Crippen LogP contribution in [0.25, 0.3) is 0 Å². The second-order valence-electron chi connectivity index (χ2n) is 2.79. The van der Waals surface area contributed by atoms with Crippen molar-refractivity contribution >= 4 is 12.1 Å². The van der Waals surface area contributed by atoms with Crippen LogP contribution in [0.3, 0.4) is 0 Å². The molecule has 1 unspecified atom stereocenters. The molecule has 1 heterocycles. The summed E-state index contributed by atoms with van der Waals surface area (Å²) in [5, 5.41) is 26.2. The van der Waals surface area contributed by atoms with E-state index in [1.807, 2.05) is 0 Å². The van der Waals surface area contributed by atoms with Gasteiger partial charge in [-0.2, -0.15) is 0 Å². The summed E-state index contributed by atoms with van der Waals surface area (Å²) in [6.07, 6.45) is -1.25. The lowest BCUT2D eigenvalue weighted by Crippen LogP contribution is -2.42. The molecule has 12 heavy (non-hydrogen) atoms. The summed E-state index contributed by atoms with van der Waals surface area (Å²) in [7, 11) is 0. The van der Waals surface area contributed by atoms with Gasteiger partial charge in [0.25, 0.3) is 0 Å². The molecule has 0 saturated carbocycles. The molecule has 1 aliphatic rings. The number of carboxylic acid groups (broad SMARTS) is 2. The number of hydrogen-bond donors (Lipinski definition) is 3. The standard InChI is InChI=1S/C6H9NO5/c8-4(9)6(12)1-2-7(3-6)5(10)11/h12H,1-3H2,(H,8,9)(H,10,11). The van der Waals surface area contributed by atoms with Crippen LogP contribution in [0.2, 0.25) is 0 Å². The molecule has 6 heteroatoms. The fraction of sp³-hybridized carbons (Fsp3) is 0.667. The van der Waals surface area contributed by atoms with Gasteiger partial charge in [-0.3, -0.25) is 0 Å². The van der Waals surface area contributed by atoms with Crippen LogP contribution in [-0.4, -0.2) is 51.0 Å². The average Bonchev–Trinajstić information content (AvgIpc) is 2.33. The minimum atomic E-state index is -1.89. The first-order chi connectivity index (χ1) is 5.46. The van der Waals surface area contributed by atoms with Crippen molar-refractivity contribution in [2.75, 3.05) is 13.1 Å². The SMILES string of the molecule is O=C(O)N1CCC(O)(C(=O)O)C1. The highest BCUT2D eigenvalue weighted by molar-refractivity contribution is 5.79. The number of nitrogens with zero attached hydrogens (tertiary/aromatic N) is 1. The molecule has 6 nitrogen and oxygen atoms in total. The summed E-state index contributed by atoms with van der Waals surface area (Å²) in [6.45, 7) is -0.282. The molecular weight excluding hydrogens is 166 g/mol. The number of hydrogen-bond acceptors (Lipinski definition) is 3. The number of rotatable bonds is 1.